The maximum atomic E-state index is 5.27. The van der Waals surface area contributed by atoms with E-state index in [0.717, 1.165) is 6.54 Å². The highest BCUT2D eigenvalue weighted by molar-refractivity contribution is 5.51. The van der Waals surface area contributed by atoms with Gasteiger partial charge in [0, 0.05) is 44.0 Å². The van der Waals surface area contributed by atoms with E-state index in [-0.39, 0.29) is 0 Å². The van der Waals surface area contributed by atoms with Crippen molar-refractivity contribution < 1.29 is 4.74 Å². The summed E-state index contributed by atoms with van der Waals surface area (Å²) in [6, 6.07) is 9.03. The highest BCUT2D eigenvalue weighted by Crippen LogP contribution is 2.21. The normalized spacial score (nSPS) is 16.7. The highest BCUT2D eigenvalue weighted by Gasteiger charge is 2.18. The molecule has 0 saturated carbocycles. The molecule has 1 aromatic rings. The van der Waals surface area contributed by atoms with Crippen molar-refractivity contribution in [2.24, 2.45) is 0 Å². The van der Waals surface area contributed by atoms with Crippen LogP contribution < -0.4 is 5.32 Å². The fraction of sp³-hybridized carbons (Fsp3) is 0.556. The monoisotopic (exact) mass is 288 g/mol. The van der Waals surface area contributed by atoms with Gasteiger partial charge in [-0.3, -0.25) is 4.90 Å². The lowest BCUT2D eigenvalue weighted by Gasteiger charge is -2.32. The predicted octanol–water partition coefficient (Wildman–Crippen LogP) is 3.68. The molecule has 0 unspecified atom stereocenters. The van der Waals surface area contributed by atoms with Gasteiger partial charge in [0.1, 0.15) is 0 Å². The van der Waals surface area contributed by atoms with E-state index in [9.17, 15) is 0 Å². The van der Waals surface area contributed by atoms with Crippen LogP contribution in [-0.2, 0) is 11.3 Å². The summed E-state index contributed by atoms with van der Waals surface area (Å²) < 4.78 is 5.27. The molecule has 0 bridgehead atoms. The Balaban J connectivity index is 1.85. The predicted molar refractivity (Wildman–Crippen MR) is 89.7 cm³/mol. The van der Waals surface area contributed by atoms with Gasteiger partial charge < -0.3 is 10.1 Å². The van der Waals surface area contributed by atoms with E-state index < -0.39 is 0 Å². The van der Waals surface area contributed by atoms with Crippen molar-refractivity contribution in [1.29, 1.82) is 0 Å². The molecule has 1 aromatic carbocycles. The van der Waals surface area contributed by atoms with Crippen LogP contribution in [0.15, 0.2) is 35.9 Å². The van der Waals surface area contributed by atoms with Crippen molar-refractivity contribution >= 4 is 5.69 Å². The van der Waals surface area contributed by atoms with Gasteiger partial charge in [0.2, 0.25) is 0 Å². The molecule has 116 valence electrons. The van der Waals surface area contributed by atoms with E-state index >= 15 is 0 Å². The summed E-state index contributed by atoms with van der Waals surface area (Å²) in [5.74, 6) is 0. The lowest BCUT2D eigenvalue weighted by atomic mass is 10.0. The van der Waals surface area contributed by atoms with E-state index in [2.05, 4.69) is 54.4 Å². The number of anilines is 1. The van der Waals surface area contributed by atoms with Crippen LogP contribution >= 0.6 is 0 Å². The molecule has 1 N–H and O–H groups in total. The SMILES string of the molecule is COCc1ccccc1NC1CCN(CC=C(C)C)CC1. The van der Waals surface area contributed by atoms with Crippen LogP contribution in [0.1, 0.15) is 32.3 Å². The van der Waals surface area contributed by atoms with Crippen molar-refractivity contribution in [2.45, 2.75) is 39.3 Å². The van der Waals surface area contributed by atoms with E-state index in [1.807, 2.05) is 0 Å². The van der Waals surface area contributed by atoms with Gasteiger partial charge in [-0.15, -0.1) is 0 Å². The van der Waals surface area contributed by atoms with Crippen molar-refractivity contribution in [2.75, 3.05) is 32.1 Å². The second-order valence-corrected chi connectivity index (χ2v) is 6.09. The van der Waals surface area contributed by atoms with Crippen molar-refractivity contribution in [1.82, 2.24) is 4.90 Å². The zero-order chi connectivity index (χ0) is 15.1. The number of ether oxygens (including phenoxy) is 1. The molecule has 1 saturated heterocycles. The minimum absolute atomic E-state index is 0.575. The Morgan fingerprint density at radius 2 is 2.00 bits per heavy atom. The molecule has 1 heterocycles. The first kappa shape index (κ1) is 16.1. The van der Waals surface area contributed by atoms with Crippen LogP contribution in [-0.4, -0.2) is 37.7 Å². The summed E-state index contributed by atoms with van der Waals surface area (Å²) in [5, 5.41) is 3.70. The van der Waals surface area contributed by atoms with Gasteiger partial charge in [-0.05, 0) is 32.8 Å². The van der Waals surface area contributed by atoms with Gasteiger partial charge in [0.15, 0.2) is 0 Å². The molecular weight excluding hydrogens is 260 g/mol. The van der Waals surface area contributed by atoms with Gasteiger partial charge >= 0.3 is 0 Å². The number of para-hydroxylation sites is 1. The van der Waals surface area contributed by atoms with E-state index in [1.165, 1.54) is 42.8 Å². The Labute approximate surface area is 129 Å². The van der Waals surface area contributed by atoms with Gasteiger partial charge in [0.25, 0.3) is 0 Å². The quantitative estimate of drug-likeness (QED) is 0.808. The lowest BCUT2D eigenvalue weighted by molar-refractivity contribution is 0.185. The number of rotatable bonds is 6. The molecule has 1 aliphatic heterocycles. The Kier molecular flexibility index (Phi) is 6.27. The average Bonchev–Trinajstić information content (AvgIpc) is 2.49. The number of nitrogens with zero attached hydrogens (tertiary/aromatic N) is 1. The summed E-state index contributed by atoms with van der Waals surface area (Å²) in [7, 11) is 1.75. The molecule has 0 aromatic heterocycles. The Hall–Kier alpha value is -1.32. The Morgan fingerprint density at radius 3 is 2.67 bits per heavy atom. The fourth-order valence-electron chi connectivity index (χ4n) is 2.73. The number of piperidine rings is 1. The minimum Gasteiger partial charge on any atom is -0.382 e. The first-order valence-electron chi connectivity index (χ1n) is 7.88. The maximum Gasteiger partial charge on any atom is 0.0733 e. The molecule has 0 amide bonds. The molecule has 1 fully saturated rings. The summed E-state index contributed by atoms with van der Waals surface area (Å²) in [6.45, 7) is 8.45. The van der Waals surface area contributed by atoms with E-state index in [0.29, 0.717) is 12.6 Å². The van der Waals surface area contributed by atoms with Crippen LogP contribution in [0.3, 0.4) is 0 Å². The number of nitrogens with one attached hydrogen (secondary N) is 1. The van der Waals surface area contributed by atoms with Crippen LogP contribution in [0.4, 0.5) is 5.69 Å². The van der Waals surface area contributed by atoms with Gasteiger partial charge in [0.05, 0.1) is 6.61 Å². The maximum absolute atomic E-state index is 5.27. The second-order valence-electron chi connectivity index (χ2n) is 6.09. The average molecular weight is 288 g/mol. The van der Waals surface area contributed by atoms with Gasteiger partial charge in [-0.1, -0.05) is 29.8 Å². The molecule has 3 heteroatoms. The van der Waals surface area contributed by atoms with E-state index in [1.54, 1.807) is 7.11 Å². The molecule has 0 radical (unpaired) electrons. The first-order valence-corrected chi connectivity index (χ1v) is 7.88. The second kappa shape index (κ2) is 8.20. The smallest absolute Gasteiger partial charge is 0.0733 e. The molecule has 21 heavy (non-hydrogen) atoms. The van der Waals surface area contributed by atoms with Crippen LogP contribution in [0.5, 0.6) is 0 Å². The highest BCUT2D eigenvalue weighted by atomic mass is 16.5. The number of hydrogen-bond donors (Lipinski definition) is 1. The summed E-state index contributed by atoms with van der Waals surface area (Å²) in [5.41, 5.74) is 3.87. The van der Waals surface area contributed by atoms with Crippen LogP contribution in [0.25, 0.3) is 0 Å². The Morgan fingerprint density at radius 1 is 1.29 bits per heavy atom. The number of benzene rings is 1. The molecule has 0 spiro atoms. The van der Waals surface area contributed by atoms with Crippen LogP contribution in [0.2, 0.25) is 0 Å². The largest absolute Gasteiger partial charge is 0.382 e. The van der Waals surface area contributed by atoms with E-state index in [4.69, 9.17) is 4.74 Å². The number of hydrogen-bond acceptors (Lipinski definition) is 3. The number of likely N-dealkylation sites (tertiary alicyclic amines) is 1. The Bertz CT molecular complexity index is 458. The standard InChI is InChI=1S/C18H28N2O/c1-15(2)8-11-20-12-9-17(10-13-20)19-18-7-5-4-6-16(18)14-21-3/h4-8,17,19H,9-14H2,1-3H3. The molecule has 0 aliphatic carbocycles. The first-order chi connectivity index (χ1) is 10.2. The van der Waals surface area contributed by atoms with Crippen molar-refractivity contribution in [3.8, 4) is 0 Å². The zero-order valence-corrected chi connectivity index (χ0v) is 13.6. The van der Waals surface area contributed by atoms with Gasteiger partial charge in [-0.25, -0.2) is 0 Å². The third-order valence-electron chi connectivity index (χ3n) is 4.02. The molecular formula is C18H28N2O. The summed E-state index contributed by atoms with van der Waals surface area (Å²) in [6.07, 6.45) is 4.73. The number of methoxy groups -OCH3 is 1. The summed E-state index contributed by atoms with van der Waals surface area (Å²) in [4.78, 5) is 2.53. The van der Waals surface area contributed by atoms with Crippen molar-refractivity contribution in [3.05, 3.63) is 41.5 Å². The zero-order valence-electron chi connectivity index (χ0n) is 13.6. The lowest BCUT2D eigenvalue weighted by Crippen LogP contribution is -2.39. The third kappa shape index (κ3) is 5.18. The minimum atomic E-state index is 0.575. The van der Waals surface area contributed by atoms with Crippen molar-refractivity contribution in [3.63, 3.8) is 0 Å². The topological polar surface area (TPSA) is 24.5 Å². The molecule has 0 atom stereocenters. The molecule has 2 rings (SSSR count). The van der Waals surface area contributed by atoms with Gasteiger partial charge in [-0.2, -0.15) is 0 Å². The molecule has 1 aliphatic rings. The molecule has 3 nitrogen and oxygen atoms in total. The van der Waals surface area contributed by atoms with Crippen LogP contribution in [0, 0.1) is 0 Å². The number of allylic oxidation sites excluding steroid dienone is 1. The summed E-state index contributed by atoms with van der Waals surface area (Å²) >= 11 is 0. The third-order valence-corrected chi connectivity index (χ3v) is 4.02. The fourth-order valence-corrected chi connectivity index (χ4v) is 2.73.